The van der Waals surface area contributed by atoms with Crippen LogP contribution in [0.4, 0.5) is 5.69 Å². The molecule has 0 spiro atoms. The Morgan fingerprint density at radius 1 is 0.964 bits per heavy atom. The highest BCUT2D eigenvalue weighted by atomic mass is 16.6. The Labute approximate surface area is 159 Å². The van der Waals surface area contributed by atoms with Gasteiger partial charge in [0.05, 0.1) is 30.4 Å². The van der Waals surface area contributed by atoms with Gasteiger partial charge in [0.1, 0.15) is 11.3 Å². The monoisotopic (exact) mass is 381 g/mol. The first-order valence-corrected chi connectivity index (χ1v) is 8.08. The Morgan fingerprint density at radius 3 is 2.18 bits per heavy atom. The van der Waals surface area contributed by atoms with E-state index in [1.165, 1.54) is 22.9 Å². The zero-order valence-corrected chi connectivity index (χ0v) is 15.0. The van der Waals surface area contributed by atoms with Crippen LogP contribution in [0.25, 0.3) is 16.9 Å². The quantitative estimate of drug-likeness (QED) is 0.379. The van der Waals surface area contributed by atoms with Gasteiger partial charge in [-0.05, 0) is 18.2 Å². The van der Waals surface area contributed by atoms with Crippen molar-refractivity contribution in [3.63, 3.8) is 0 Å². The molecule has 1 aromatic heterocycles. The Hall–Kier alpha value is -4.01. The van der Waals surface area contributed by atoms with Crippen LogP contribution in [-0.2, 0) is 9.47 Å². The molecule has 9 nitrogen and oxygen atoms in total. The number of nitrogens with zero attached hydrogens (tertiary/aromatic N) is 3. The standard InChI is InChI=1S/C19H15N3O6/c1-27-18(23)15-16(13-10-6-7-11-14(13)22(25)26)20-21(17(15)19(24)28-2)12-8-4-3-5-9-12/h3-11H,1-2H3. The van der Waals surface area contributed by atoms with Crippen LogP contribution in [0.15, 0.2) is 54.6 Å². The number of aromatic nitrogens is 2. The zero-order valence-electron chi connectivity index (χ0n) is 15.0. The highest BCUT2D eigenvalue weighted by Gasteiger charge is 2.33. The second-order valence-electron chi connectivity index (χ2n) is 5.58. The number of para-hydroxylation sites is 2. The topological polar surface area (TPSA) is 114 Å². The van der Waals surface area contributed by atoms with Crippen LogP contribution in [0.1, 0.15) is 20.8 Å². The van der Waals surface area contributed by atoms with Crippen molar-refractivity contribution in [3.8, 4) is 16.9 Å². The van der Waals surface area contributed by atoms with Gasteiger partial charge in [-0.1, -0.05) is 30.3 Å². The van der Waals surface area contributed by atoms with E-state index in [-0.39, 0.29) is 28.2 Å². The second-order valence-corrected chi connectivity index (χ2v) is 5.58. The average Bonchev–Trinajstić information content (AvgIpc) is 3.13. The molecule has 3 aromatic rings. The number of rotatable bonds is 5. The molecule has 0 saturated heterocycles. The van der Waals surface area contributed by atoms with Crippen molar-refractivity contribution in [2.24, 2.45) is 0 Å². The average molecular weight is 381 g/mol. The fourth-order valence-corrected chi connectivity index (χ4v) is 2.78. The van der Waals surface area contributed by atoms with Crippen molar-refractivity contribution in [1.82, 2.24) is 9.78 Å². The van der Waals surface area contributed by atoms with Crippen LogP contribution in [0.3, 0.4) is 0 Å². The van der Waals surface area contributed by atoms with Crippen molar-refractivity contribution in [3.05, 3.63) is 76.0 Å². The summed E-state index contributed by atoms with van der Waals surface area (Å²) in [4.78, 5) is 35.9. The van der Waals surface area contributed by atoms with Gasteiger partial charge in [-0.25, -0.2) is 14.3 Å². The van der Waals surface area contributed by atoms with Crippen molar-refractivity contribution < 1.29 is 24.0 Å². The van der Waals surface area contributed by atoms with E-state index in [0.29, 0.717) is 5.69 Å². The number of carbonyl (C=O) groups is 2. The summed E-state index contributed by atoms with van der Waals surface area (Å²) in [6.45, 7) is 0. The first-order valence-electron chi connectivity index (χ1n) is 8.08. The molecule has 3 rings (SSSR count). The SMILES string of the molecule is COC(=O)c1c(-c2ccccc2[N+](=O)[O-])nn(-c2ccccc2)c1C(=O)OC. The fourth-order valence-electron chi connectivity index (χ4n) is 2.78. The number of nitro benzene ring substituents is 1. The summed E-state index contributed by atoms with van der Waals surface area (Å²) < 4.78 is 10.8. The lowest BCUT2D eigenvalue weighted by Crippen LogP contribution is -2.15. The molecular formula is C19H15N3O6. The maximum atomic E-state index is 12.5. The summed E-state index contributed by atoms with van der Waals surface area (Å²) in [6.07, 6.45) is 0. The third kappa shape index (κ3) is 3.20. The Kier molecular flexibility index (Phi) is 5.16. The van der Waals surface area contributed by atoms with Crippen molar-refractivity contribution >= 4 is 17.6 Å². The molecule has 28 heavy (non-hydrogen) atoms. The molecule has 0 aliphatic carbocycles. The van der Waals surface area contributed by atoms with Crippen molar-refractivity contribution in [2.45, 2.75) is 0 Å². The van der Waals surface area contributed by atoms with Gasteiger partial charge in [-0.15, -0.1) is 0 Å². The van der Waals surface area contributed by atoms with Gasteiger partial charge in [0, 0.05) is 6.07 Å². The molecule has 0 amide bonds. The molecule has 0 atom stereocenters. The normalized spacial score (nSPS) is 10.4. The summed E-state index contributed by atoms with van der Waals surface area (Å²) in [7, 11) is 2.31. The molecular weight excluding hydrogens is 366 g/mol. The van der Waals surface area contributed by atoms with E-state index >= 15 is 0 Å². The molecule has 9 heteroatoms. The Balaban J connectivity index is 2.41. The molecule has 1 heterocycles. The van der Waals surface area contributed by atoms with E-state index in [2.05, 4.69) is 5.10 Å². The number of methoxy groups -OCH3 is 2. The van der Waals surface area contributed by atoms with Crippen LogP contribution in [0, 0.1) is 10.1 Å². The molecule has 0 saturated carbocycles. The first kappa shape index (κ1) is 18.8. The van der Waals surface area contributed by atoms with E-state index in [1.807, 2.05) is 0 Å². The van der Waals surface area contributed by atoms with Gasteiger partial charge in [0.25, 0.3) is 5.69 Å². The van der Waals surface area contributed by atoms with Gasteiger partial charge >= 0.3 is 11.9 Å². The summed E-state index contributed by atoms with van der Waals surface area (Å²) in [5.41, 5.74) is -0.169. The van der Waals surface area contributed by atoms with E-state index in [0.717, 1.165) is 14.2 Å². The molecule has 0 aliphatic rings. The minimum Gasteiger partial charge on any atom is -0.465 e. The Morgan fingerprint density at radius 2 is 1.57 bits per heavy atom. The summed E-state index contributed by atoms with van der Waals surface area (Å²) in [6, 6.07) is 14.4. The van der Waals surface area contributed by atoms with Crippen LogP contribution < -0.4 is 0 Å². The van der Waals surface area contributed by atoms with Gasteiger partial charge in [0.15, 0.2) is 5.69 Å². The molecule has 0 aliphatic heterocycles. The van der Waals surface area contributed by atoms with Crippen LogP contribution in [0.2, 0.25) is 0 Å². The maximum absolute atomic E-state index is 12.5. The number of ether oxygens (including phenoxy) is 2. The van der Waals surface area contributed by atoms with E-state index < -0.39 is 16.9 Å². The first-order chi connectivity index (χ1) is 13.5. The summed E-state index contributed by atoms with van der Waals surface area (Å²) >= 11 is 0. The molecule has 0 N–H and O–H groups in total. The second kappa shape index (κ2) is 7.70. The van der Waals surface area contributed by atoms with Crippen molar-refractivity contribution in [1.29, 1.82) is 0 Å². The fraction of sp³-hybridized carbons (Fsp3) is 0.105. The molecule has 142 valence electrons. The zero-order chi connectivity index (χ0) is 20.3. The minimum absolute atomic E-state index is 0.0524. The van der Waals surface area contributed by atoms with E-state index in [9.17, 15) is 19.7 Å². The number of hydrogen-bond acceptors (Lipinski definition) is 7. The van der Waals surface area contributed by atoms with Gasteiger partial charge < -0.3 is 9.47 Å². The van der Waals surface area contributed by atoms with Gasteiger partial charge in [-0.3, -0.25) is 10.1 Å². The number of carbonyl (C=O) groups excluding carboxylic acids is 2. The highest BCUT2D eigenvalue weighted by molar-refractivity contribution is 6.07. The Bertz CT molecular complexity index is 1060. The highest BCUT2D eigenvalue weighted by Crippen LogP contribution is 2.34. The number of hydrogen-bond donors (Lipinski definition) is 0. The smallest absolute Gasteiger partial charge is 0.357 e. The van der Waals surface area contributed by atoms with Gasteiger partial charge in [0.2, 0.25) is 0 Å². The predicted octanol–water partition coefficient (Wildman–Crippen LogP) is 3.02. The number of esters is 2. The summed E-state index contributed by atoms with van der Waals surface area (Å²) in [5.74, 6) is -1.70. The lowest BCUT2D eigenvalue weighted by molar-refractivity contribution is -0.384. The lowest BCUT2D eigenvalue weighted by atomic mass is 10.0. The molecule has 0 bridgehead atoms. The molecule has 0 unspecified atom stereocenters. The van der Waals surface area contributed by atoms with Crippen LogP contribution in [0.5, 0.6) is 0 Å². The molecule has 0 fully saturated rings. The molecule has 0 radical (unpaired) electrons. The number of benzene rings is 2. The third-order valence-corrected chi connectivity index (χ3v) is 4.01. The van der Waals surface area contributed by atoms with Crippen molar-refractivity contribution in [2.75, 3.05) is 14.2 Å². The van der Waals surface area contributed by atoms with E-state index in [1.54, 1.807) is 36.4 Å². The maximum Gasteiger partial charge on any atom is 0.357 e. The minimum atomic E-state index is -0.865. The van der Waals surface area contributed by atoms with E-state index in [4.69, 9.17) is 9.47 Å². The molecule has 2 aromatic carbocycles. The van der Waals surface area contributed by atoms with Crippen LogP contribution in [-0.4, -0.2) is 40.9 Å². The van der Waals surface area contributed by atoms with Gasteiger partial charge in [-0.2, -0.15) is 5.10 Å². The lowest BCUT2D eigenvalue weighted by Gasteiger charge is -2.07. The largest absolute Gasteiger partial charge is 0.465 e. The third-order valence-electron chi connectivity index (χ3n) is 4.01. The summed E-state index contributed by atoms with van der Waals surface area (Å²) in [5, 5.41) is 15.8. The number of nitro groups is 1. The van der Waals surface area contributed by atoms with Crippen LogP contribution >= 0.6 is 0 Å². The predicted molar refractivity (Wildman–Crippen MR) is 98.3 cm³/mol.